The van der Waals surface area contributed by atoms with E-state index >= 15 is 0 Å². The summed E-state index contributed by atoms with van der Waals surface area (Å²) in [5, 5.41) is 0. The van der Waals surface area contributed by atoms with Crippen LogP contribution in [-0.4, -0.2) is 59.0 Å². The Morgan fingerprint density at radius 3 is 2.39 bits per heavy atom. The first kappa shape index (κ1) is 19.1. The Labute approximate surface area is 165 Å². The van der Waals surface area contributed by atoms with E-state index in [9.17, 15) is 9.18 Å². The topological polar surface area (TPSA) is 55.5 Å². The zero-order valence-corrected chi connectivity index (χ0v) is 16.2. The fourth-order valence-electron chi connectivity index (χ4n) is 4.06. The molecule has 0 radical (unpaired) electrons. The van der Waals surface area contributed by atoms with Gasteiger partial charge in [-0.25, -0.2) is 9.37 Å². The van der Waals surface area contributed by atoms with E-state index in [1.165, 1.54) is 25.3 Å². The Kier molecular flexibility index (Phi) is 6.02. The maximum absolute atomic E-state index is 13.9. The molecule has 2 aliphatic rings. The fraction of sp³-hybridized carbons (Fsp3) is 0.524. The maximum Gasteiger partial charge on any atom is 0.252 e. The van der Waals surface area contributed by atoms with Gasteiger partial charge in [0.05, 0.1) is 5.69 Å². The summed E-state index contributed by atoms with van der Waals surface area (Å²) in [7, 11) is 0. The van der Waals surface area contributed by atoms with Crippen LogP contribution in [0.15, 0.2) is 35.1 Å². The highest BCUT2D eigenvalue weighted by molar-refractivity contribution is 5.31. The van der Waals surface area contributed by atoms with Gasteiger partial charge in [-0.1, -0.05) is 24.6 Å². The summed E-state index contributed by atoms with van der Waals surface area (Å²) in [5.74, 6) is 0.506. The molecule has 0 atom stereocenters. The molecule has 0 unspecified atom stereocenters. The van der Waals surface area contributed by atoms with Crippen molar-refractivity contribution in [3.8, 4) is 0 Å². The molecule has 2 fully saturated rings. The molecule has 2 saturated heterocycles. The quantitative estimate of drug-likeness (QED) is 0.855. The Hall–Kier alpha value is -2.25. The number of hydrogen-bond donors (Lipinski definition) is 1. The van der Waals surface area contributed by atoms with E-state index in [0.717, 1.165) is 57.1 Å². The Bertz CT molecular complexity index is 841. The van der Waals surface area contributed by atoms with Gasteiger partial charge in [-0.05, 0) is 32.0 Å². The van der Waals surface area contributed by atoms with Gasteiger partial charge in [0.2, 0.25) is 5.95 Å². The molecule has 28 heavy (non-hydrogen) atoms. The van der Waals surface area contributed by atoms with Crippen molar-refractivity contribution in [2.24, 2.45) is 0 Å². The highest BCUT2D eigenvalue weighted by Crippen LogP contribution is 2.16. The molecule has 1 N–H and O–H groups in total. The molecule has 1 aromatic carbocycles. The van der Waals surface area contributed by atoms with Crippen molar-refractivity contribution in [2.75, 3.05) is 44.2 Å². The van der Waals surface area contributed by atoms with Crippen molar-refractivity contribution in [3.63, 3.8) is 0 Å². The summed E-state index contributed by atoms with van der Waals surface area (Å²) in [6.07, 6.45) is 3.74. The lowest BCUT2D eigenvalue weighted by atomic mass is 10.1. The van der Waals surface area contributed by atoms with Crippen molar-refractivity contribution in [2.45, 2.75) is 32.4 Å². The number of aromatic nitrogens is 2. The van der Waals surface area contributed by atoms with Crippen molar-refractivity contribution in [3.05, 3.63) is 57.8 Å². The first-order valence-electron chi connectivity index (χ1n) is 10.2. The van der Waals surface area contributed by atoms with Crippen LogP contribution >= 0.6 is 0 Å². The maximum atomic E-state index is 13.9. The average Bonchev–Trinajstić information content (AvgIpc) is 2.71. The van der Waals surface area contributed by atoms with Crippen LogP contribution in [0.25, 0.3) is 0 Å². The van der Waals surface area contributed by atoms with Crippen LogP contribution in [0.1, 0.15) is 30.5 Å². The van der Waals surface area contributed by atoms with Crippen LogP contribution in [0.5, 0.6) is 0 Å². The summed E-state index contributed by atoms with van der Waals surface area (Å²) < 4.78 is 13.9. The first-order chi connectivity index (χ1) is 13.7. The number of H-pyrrole nitrogens is 1. The molecule has 0 spiro atoms. The minimum Gasteiger partial charge on any atom is -0.340 e. The number of nitrogens with one attached hydrogen (secondary N) is 1. The molecular weight excluding hydrogens is 357 g/mol. The number of aromatic amines is 1. The minimum absolute atomic E-state index is 0.0919. The number of anilines is 1. The summed E-state index contributed by atoms with van der Waals surface area (Å²) >= 11 is 0. The molecular formula is C21H28FN5O. The SMILES string of the molecule is O=c1cc(CN2CCCCC2)nc(N2CCN(Cc3ccccc3F)CC2)[nH]1. The van der Waals surface area contributed by atoms with Crippen molar-refractivity contribution < 1.29 is 4.39 Å². The van der Waals surface area contributed by atoms with Crippen LogP contribution < -0.4 is 10.5 Å². The Morgan fingerprint density at radius 1 is 0.929 bits per heavy atom. The number of piperidine rings is 1. The van der Waals surface area contributed by atoms with Gasteiger partial charge < -0.3 is 4.90 Å². The van der Waals surface area contributed by atoms with E-state index in [-0.39, 0.29) is 11.4 Å². The summed E-state index contributed by atoms with van der Waals surface area (Å²) in [6, 6.07) is 8.55. The standard InChI is InChI=1S/C21H28FN5O/c22-19-7-3-2-6-17(19)15-26-10-12-27(13-11-26)21-23-18(14-20(28)24-21)16-25-8-4-1-5-9-25/h2-3,6-7,14H,1,4-5,8-13,15-16H2,(H,23,24,28). The van der Waals surface area contributed by atoms with Crippen LogP contribution in [0.3, 0.4) is 0 Å². The van der Waals surface area contributed by atoms with Crippen molar-refractivity contribution in [1.82, 2.24) is 19.8 Å². The summed E-state index contributed by atoms with van der Waals surface area (Å²) in [5.41, 5.74) is 1.48. The predicted octanol–water partition coefficient (Wildman–Crippen LogP) is 2.22. The van der Waals surface area contributed by atoms with Gasteiger partial charge in [0.15, 0.2) is 0 Å². The molecule has 2 aliphatic heterocycles. The molecule has 0 saturated carbocycles. The number of nitrogens with zero attached hydrogens (tertiary/aromatic N) is 4. The molecule has 6 nitrogen and oxygen atoms in total. The molecule has 4 rings (SSSR count). The van der Waals surface area contributed by atoms with Gasteiger partial charge in [0.25, 0.3) is 5.56 Å². The van der Waals surface area contributed by atoms with Crippen LogP contribution in [0, 0.1) is 5.82 Å². The second kappa shape index (κ2) is 8.84. The van der Waals surface area contributed by atoms with Gasteiger partial charge >= 0.3 is 0 Å². The predicted molar refractivity (Wildman–Crippen MR) is 108 cm³/mol. The third-order valence-corrected chi connectivity index (χ3v) is 5.64. The highest BCUT2D eigenvalue weighted by atomic mass is 19.1. The van der Waals surface area contributed by atoms with E-state index in [1.807, 2.05) is 12.1 Å². The molecule has 150 valence electrons. The third kappa shape index (κ3) is 4.77. The Morgan fingerprint density at radius 2 is 1.64 bits per heavy atom. The zero-order chi connectivity index (χ0) is 19.3. The van der Waals surface area contributed by atoms with E-state index in [4.69, 9.17) is 4.98 Å². The number of hydrogen-bond acceptors (Lipinski definition) is 5. The van der Waals surface area contributed by atoms with Gasteiger partial charge in [-0.3, -0.25) is 19.6 Å². The molecule has 0 amide bonds. The first-order valence-corrected chi connectivity index (χ1v) is 10.2. The van der Waals surface area contributed by atoms with Crippen molar-refractivity contribution in [1.29, 1.82) is 0 Å². The van der Waals surface area contributed by atoms with Crippen LogP contribution in [0.4, 0.5) is 10.3 Å². The molecule has 1 aromatic heterocycles. The van der Waals surface area contributed by atoms with E-state index in [1.54, 1.807) is 12.1 Å². The van der Waals surface area contributed by atoms with Crippen molar-refractivity contribution >= 4 is 5.95 Å². The summed E-state index contributed by atoms with van der Waals surface area (Å²) in [6.45, 7) is 6.68. The van der Waals surface area contributed by atoms with Gasteiger partial charge in [0, 0.05) is 50.9 Å². The lowest BCUT2D eigenvalue weighted by Crippen LogP contribution is -2.47. The molecule has 2 aromatic rings. The lowest BCUT2D eigenvalue weighted by Gasteiger charge is -2.35. The van der Waals surface area contributed by atoms with Gasteiger partial charge in [-0.15, -0.1) is 0 Å². The smallest absolute Gasteiger partial charge is 0.252 e. The largest absolute Gasteiger partial charge is 0.340 e. The normalized spacial score (nSPS) is 19.1. The lowest BCUT2D eigenvalue weighted by molar-refractivity contribution is 0.218. The van der Waals surface area contributed by atoms with Gasteiger partial charge in [-0.2, -0.15) is 0 Å². The zero-order valence-electron chi connectivity index (χ0n) is 16.2. The molecule has 0 aliphatic carbocycles. The van der Waals surface area contributed by atoms with Crippen LogP contribution in [-0.2, 0) is 13.1 Å². The number of likely N-dealkylation sites (tertiary alicyclic amines) is 1. The highest BCUT2D eigenvalue weighted by Gasteiger charge is 2.20. The molecule has 3 heterocycles. The monoisotopic (exact) mass is 385 g/mol. The third-order valence-electron chi connectivity index (χ3n) is 5.64. The second-order valence-electron chi connectivity index (χ2n) is 7.75. The van der Waals surface area contributed by atoms with E-state index < -0.39 is 0 Å². The minimum atomic E-state index is -0.152. The van der Waals surface area contributed by atoms with Crippen LogP contribution in [0.2, 0.25) is 0 Å². The molecule has 0 bridgehead atoms. The van der Waals surface area contributed by atoms with Gasteiger partial charge in [0.1, 0.15) is 5.82 Å². The van der Waals surface area contributed by atoms with E-state index in [2.05, 4.69) is 19.7 Å². The number of piperazine rings is 1. The average molecular weight is 385 g/mol. The Balaban J connectivity index is 1.37. The summed E-state index contributed by atoms with van der Waals surface area (Å²) in [4.78, 5) is 26.5. The second-order valence-corrected chi connectivity index (χ2v) is 7.75. The van der Waals surface area contributed by atoms with E-state index in [0.29, 0.717) is 12.5 Å². The fourth-order valence-corrected chi connectivity index (χ4v) is 4.06. The number of rotatable bonds is 5. The molecule has 7 heteroatoms. The number of benzene rings is 1. The number of halogens is 1.